The van der Waals surface area contributed by atoms with Crippen molar-refractivity contribution in [2.75, 3.05) is 5.73 Å². The maximum atomic E-state index is 6.29. The first-order chi connectivity index (χ1) is 12.1. The molecule has 3 rings (SSSR count). The second-order valence-corrected chi connectivity index (χ2v) is 6.63. The first-order valence-corrected chi connectivity index (χ1v) is 8.71. The lowest BCUT2D eigenvalue weighted by atomic mass is 10.1. The van der Waals surface area contributed by atoms with E-state index in [0.29, 0.717) is 0 Å². The van der Waals surface area contributed by atoms with Crippen molar-refractivity contribution < 1.29 is 4.74 Å². The predicted molar refractivity (Wildman–Crippen MR) is 102 cm³/mol. The SMILES string of the molecule is Cc1cc(N)ccc1OC(CCc1ccc(Cl)cc1)Cn1ccnc1. The van der Waals surface area contributed by atoms with Crippen LogP contribution in [0.3, 0.4) is 0 Å². The molecule has 0 saturated heterocycles. The molecule has 0 bridgehead atoms. The minimum atomic E-state index is 0.0344. The van der Waals surface area contributed by atoms with Gasteiger partial charge in [-0.15, -0.1) is 0 Å². The molecule has 2 N–H and O–H groups in total. The van der Waals surface area contributed by atoms with Gasteiger partial charge in [0.05, 0.1) is 12.9 Å². The van der Waals surface area contributed by atoms with Crippen molar-refractivity contribution in [3.63, 3.8) is 0 Å². The van der Waals surface area contributed by atoms with E-state index >= 15 is 0 Å². The van der Waals surface area contributed by atoms with Crippen molar-refractivity contribution in [2.24, 2.45) is 0 Å². The summed E-state index contributed by atoms with van der Waals surface area (Å²) in [5.41, 5.74) is 8.87. The maximum absolute atomic E-state index is 6.29. The number of hydrogen-bond donors (Lipinski definition) is 1. The van der Waals surface area contributed by atoms with Crippen molar-refractivity contribution in [3.8, 4) is 5.75 Å². The number of aryl methyl sites for hydroxylation is 2. The summed E-state index contributed by atoms with van der Waals surface area (Å²) in [5.74, 6) is 0.871. The molecule has 5 heteroatoms. The van der Waals surface area contributed by atoms with E-state index < -0.39 is 0 Å². The summed E-state index contributed by atoms with van der Waals surface area (Å²) in [6.07, 6.45) is 7.40. The number of ether oxygens (including phenoxy) is 1. The van der Waals surface area contributed by atoms with Crippen LogP contribution in [0.15, 0.2) is 61.2 Å². The fourth-order valence-electron chi connectivity index (χ4n) is 2.78. The van der Waals surface area contributed by atoms with Crippen molar-refractivity contribution in [1.82, 2.24) is 9.55 Å². The average Bonchev–Trinajstić information content (AvgIpc) is 3.09. The van der Waals surface area contributed by atoms with Gasteiger partial charge in [-0.05, 0) is 61.2 Å². The lowest BCUT2D eigenvalue weighted by Gasteiger charge is -2.21. The fourth-order valence-corrected chi connectivity index (χ4v) is 2.91. The lowest BCUT2D eigenvalue weighted by Crippen LogP contribution is -2.24. The maximum Gasteiger partial charge on any atom is 0.122 e. The molecule has 1 aromatic heterocycles. The van der Waals surface area contributed by atoms with Crippen LogP contribution in [0.5, 0.6) is 5.75 Å². The lowest BCUT2D eigenvalue weighted by molar-refractivity contribution is 0.169. The molecule has 0 amide bonds. The number of halogens is 1. The van der Waals surface area contributed by atoms with Crippen LogP contribution in [0, 0.1) is 6.92 Å². The van der Waals surface area contributed by atoms with Gasteiger partial charge in [0.1, 0.15) is 11.9 Å². The van der Waals surface area contributed by atoms with Gasteiger partial charge in [0.25, 0.3) is 0 Å². The molecule has 3 aromatic rings. The Bertz CT molecular complexity index is 800. The Labute approximate surface area is 153 Å². The second-order valence-electron chi connectivity index (χ2n) is 6.19. The number of anilines is 1. The molecule has 4 nitrogen and oxygen atoms in total. The van der Waals surface area contributed by atoms with Gasteiger partial charge >= 0.3 is 0 Å². The molecular weight excluding hydrogens is 334 g/mol. The predicted octanol–water partition coefficient (Wildman–Crippen LogP) is 4.51. The highest BCUT2D eigenvalue weighted by Gasteiger charge is 2.13. The zero-order valence-electron chi connectivity index (χ0n) is 14.2. The molecule has 0 aliphatic heterocycles. The van der Waals surface area contributed by atoms with Crippen molar-refractivity contribution in [1.29, 1.82) is 0 Å². The van der Waals surface area contributed by atoms with Crippen molar-refractivity contribution >= 4 is 17.3 Å². The summed E-state index contributed by atoms with van der Waals surface area (Å²) in [7, 11) is 0. The molecule has 0 saturated carbocycles. The van der Waals surface area contributed by atoms with E-state index in [-0.39, 0.29) is 6.10 Å². The average molecular weight is 356 g/mol. The van der Waals surface area contributed by atoms with Crippen LogP contribution in [-0.2, 0) is 13.0 Å². The van der Waals surface area contributed by atoms with E-state index in [4.69, 9.17) is 22.1 Å². The summed E-state index contributed by atoms with van der Waals surface area (Å²) in [4.78, 5) is 4.12. The summed E-state index contributed by atoms with van der Waals surface area (Å²) in [5, 5.41) is 0.757. The van der Waals surface area contributed by atoms with Gasteiger partial charge < -0.3 is 15.0 Å². The molecule has 1 heterocycles. The van der Waals surface area contributed by atoms with Gasteiger partial charge in [0.15, 0.2) is 0 Å². The normalized spacial score (nSPS) is 12.1. The topological polar surface area (TPSA) is 53.1 Å². The zero-order valence-corrected chi connectivity index (χ0v) is 15.0. The highest BCUT2D eigenvalue weighted by molar-refractivity contribution is 6.30. The van der Waals surface area contributed by atoms with Crippen LogP contribution >= 0.6 is 11.6 Å². The molecule has 130 valence electrons. The minimum Gasteiger partial charge on any atom is -0.488 e. The number of nitrogens with two attached hydrogens (primary N) is 1. The first-order valence-electron chi connectivity index (χ1n) is 8.33. The number of aromatic nitrogens is 2. The Balaban J connectivity index is 1.71. The smallest absolute Gasteiger partial charge is 0.122 e. The highest BCUT2D eigenvalue weighted by atomic mass is 35.5. The number of nitrogens with zero attached hydrogens (tertiary/aromatic N) is 2. The van der Waals surface area contributed by atoms with E-state index in [1.165, 1.54) is 5.56 Å². The zero-order chi connectivity index (χ0) is 17.6. The molecular formula is C20H22ClN3O. The first kappa shape index (κ1) is 17.4. The third kappa shape index (κ3) is 5.00. The minimum absolute atomic E-state index is 0.0344. The molecule has 0 radical (unpaired) electrons. The van der Waals surface area contributed by atoms with Gasteiger partial charge in [-0.3, -0.25) is 0 Å². The summed E-state index contributed by atoms with van der Waals surface area (Å²) < 4.78 is 8.33. The quantitative estimate of drug-likeness (QED) is 0.634. The Hall–Kier alpha value is -2.46. The number of imidazole rings is 1. The molecule has 0 fully saturated rings. The largest absolute Gasteiger partial charge is 0.488 e. The van der Waals surface area contributed by atoms with E-state index in [1.54, 1.807) is 6.20 Å². The Morgan fingerprint density at radius 2 is 2.00 bits per heavy atom. The van der Waals surface area contributed by atoms with E-state index in [9.17, 15) is 0 Å². The third-order valence-electron chi connectivity index (χ3n) is 4.13. The van der Waals surface area contributed by atoms with Crippen LogP contribution in [0.25, 0.3) is 0 Å². The van der Waals surface area contributed by atoms with Crippen molar-refractivity contribution in [2.45, 2.75) is 32.4 Å². The number of hydrogen-bond acceptors (Lipinski definition) is 3. The highest BCUT2D eigenvalue weighted by Crippen LogP contribution is 2.23. The van der Waals surface area contributed by atoms with Crippen LogP contribution in [0.2, 0.25) is 5.02 Å². The van der Waals surface area contributed by atoms with Crippen molar-refractivity contribution in [3.05, 3.63) is 77.3 Å². The fraction of sp³-hybridized carbons (Fsp3) is 0.250. The summed E-state index contributed by atoms with van der Waals surface area (Å²) in [6.45, 7) is 2.76. The number of benzene rings is 2. The molecule has 0 spiro atoms. The van der Waals surface area contributed by atoms with E-state index in [1.807, 2.05) is 54.3 Å². The van der Waals surface area contributed by atoms with Gasteiger partial charge in [0, 0.05) is 23.1 Å². The van der Waals surface area contributed by atoms with Gasteiger partial charge in [-0.25, -0.2) is 4.98 Å². The van der Waals surface area contributed by atoms with Gasteiger partial charge in [0.2, 0.25) is 0 Å². The summed E-state index contributed by atoms with van der Waals surface area (Å²) >= 11 is 5.96. The van der Waals surface area contributed by atoms with Gasteiger partial charge in [-0.2, -0.15) is 0 Å². The Morgan fingerprint density at radius 1 is 1.20 bits per heavy atom. The number of rotatable bonds is 7. The molecule has 0 aliphatic carbocycles. The van der Waals surface area contributed by atoms with Crippen LogP contribution in [0.4, 0.5) is 5.69 Å². The van der Waals surface area contributed by atoms with Gasteiger partial charge in [-0.1, -0.05) is 23.7 Å². The van der Waals surface area contributed by atoms with Crippen LogP contribution in [-0.4, -0.2) is 15.7 Å². The molecule has 1 unspecified atom stereocenters. The van der Waals surface area contributed by atoms with Crippen LogP contribution in [0.1, 0.15) is 17.5 Å². The second kappa shape index (κ2) is 8.08. The molecule has 2 aromatic carbocycles. The monoisotopic (exact) mass is 355 g/mol. The molecule has 0 aliphatic rings. The molecule has 1 atom stereocenters. The summed E-state index contributed by atoms with van der Waals surface area (Å²) in [6, 6.07) is 13.7. The standard InChI is InChI=1S/C20H22ClN3O/c1-15-12-18(22)7-9-20(15)25-19(13-24-11-10-23-14-24)8-4-16-2-5-17(21)6-3-16/h2-3,5-7,9-12,14,19H,4,8,13,22H2,1H3. The number of nitrogen functional groups attached to an aromatic ring is 1. The Morgan fingerprint density at radius 3 is 2.68 bits per heavy atom. The molecule has 25 heavy (non-hydrogen) atoms. The third-order valence-corrected chi connectivity index (χ3v) is 4.39. The van der Waals surface area contributed by atoms with E-state index in [2.05, 4.69) is 17.1 Å². The van der Waals surface area contributed by atoms with E-state index in [0.717, 1.165) is 41.4 Å². The Kier molecular flexibility index (Phi) is 5.61. The van der Waals surface area contributed by atoms with Crippen LogP contribution < -0.4 is 10.5 Å².